The van der Waals surface area contributed by atoms with Gasteiger partial charge in [-0.15, -0.1) is 0 Å². The first-order valence-corrected chi connectivity index (χ1v) is 6.19. The smallest absolute Gasteiger partial charge is 0.132 e. The molecule has 2 aromatic rings. The zero-order chi connectivity index (χ0) is 13.3. The van der Waals surface area contributed by atoms with Gasteiger partial charge in [0.1, 0.15) is 23.2 Å². The summed E-state index contributed by atoms with van der Waals surface area (Å²) in [7, 11) is 0. The minimum Gasteiger partial charge on any atom is -0.383 e. The van der Waals surface area contributed by atoms with Crippen LogP contribution in [0.25, 0.3) is 11.3 Å². The van der Waals surface area contributed by atoms with Gasteiger partial charge in [0, 0.05) is 18.5 Å². The molecule has 96 valence electrons. The Hall–Kier alpha value is -1.84. The Balaban J connectivity index is 2.64. The number of imidazole rings is 1. The van der Waals surface area contributed by atoms with Gasteiger partial charge in [0.2, 0.25) is 0 Å². The zero-order valence-corrected chi connectivity index (χ0v) is 11.0. The predicted molar refractivity (Wildman–Crippen MR) is 71.8 cm³/mol. The topological polar surface area (TPSA) is 43.8 Å². The Morgan fingerprint density at radius 1 is 1.33 bits per heavy atom. The van der Waals surface area contributed by atoms with E-state index in [9.17, 15) is 4.39 Å². The maximum Gasteiger partial charge on any atom is 0.132 e. The number of nitrogens with zero attached hydrogens (tertiary/aromatic N) is 2. The third-order valence-corrected chi connectivity index (χ3v) is 3.10. The molecular formula is C14H18FN3. The summed E-state index contributed by atoms with van der Waals surface area (Å²) >= 11 is 0. The van der Waals surface area contributed by atoms with Crippen molar-refractivity contribution in [1.29, 1.82) is 0 Å². The highest BCUT2D eigenvalue weighted by molar-refractivity contribution is 5.72. The fourth-order valence-electron chi connectivity index (χ4n) is 2.16. The quantitative estimate of drug-likeness (QED) is 0.905. The second-order valence-corrected chi connectivity index (χ2v) is 4.34. The van der Waals surface area contributed by atoms with Crippen molar-refractivity contribution < 1.29 is 4.39 Å². The van der Waals surface area contributed by atoms with Crippen LogP contribution >= 0.6 is 0 Å². The molecule has 1 aromatic carbocycles. The number of aryl methyl sites for hydroxylation is 2. The second-order valence-electron chi connectivity index (χ2n) is 4.34. The highest BCUT2D eigenvalue weighted by atomic mass is 19.1. The number of anilines is 1. The molecule has 2 N–H and O–H groups in total. The van der Waals surface area contributed by atoms with Gasteiger partial charge >= 0.3 is 0 Å². The highest BCUT2D eigenvalue weighted by Gasteiger charge is 2.17. The third-order valence-electron chi connectivity index (χ3n) is 3.10. The molecule has 1 heterocycles. The van der Waals surface area contributed by atoms with Crippen molar-refractivity contribution in [3.05, 3.63) is 35.4 Å². The van der Waals surface area contributed by atoms with Crippen LogP contribution in [0.5, 0.6) is 0 Å². The molecule has 0 aliphatic heterocycles. The van der Waals surface area contributed by atoms with E-state index in [0.29, 0.717) is 17.1 Å². The summed E-state index contributed by atoms with van der Waals surface area (Å²) in [5.74, 6) is 1.15. The van der Waals surface area contributed by atoms with E-state index in [0.717, 1.165) is 24.4 Å². The number of nitrogens with two attached hydrogens (primary N) is 1. The Morgan fingerprint density at radius 3 is 2.61 bits per heavy atom. The van der Waals surface area contributed by atoms with Crippen molar-refractivity contribution in [3.63, 3.8) is 0 Å². The summed E-state index contributed by atoms with van der Waals surface area (Å²) in [6, 6.07) is 4.99. The van der Waals surface area contributed by atoms with Crippen molar-refractivity contribution in [2.75, 3.05) is 5.73 Å². The van der Waals surface area contributed by atoms with E-state index in [-0.39, 0.29) is 5.82 Å². The van der Waals surface area contributed by atoms with E-state index in [1.54, 1.807) is 12.1 Å². The van der Waals surface area contributed by atoms with Gasteiger partial charge in [-0.05, 0) is 26.0 Å². The molecule has 0 amide bonds. The van der Waals surface area contributed by atoms with Crippen LogP contribution in [0, 0.1) is 12.7 Å². The number of halogens is 1. The van der Waals surface area contributed by atoms with Crippen molar-refractivity contribution in [1.82, 2.24) is 9.55 Å². The molecule has 3 nitrogen and oxygen atoms in total. The average Bonchev–Trinajstić information content (AvgIpc) is 2.68. The number of aromatic nitrogens is 2. The first-order chi connectivity index (χ1) is 8.58. The van der Waals surface area contributed by atoms with Crippen LogP contribution in [0.3, 0.4) is 0 Å². The first-order valence-electron chi connectivity index (χ1n) is 6.19. The van der Waals surface area contributed by atoms with Crippen LogP contribution in [-0.4, -0.2) is 9.55 Å². The van der Waals surface area contributed by atoms with Crippen LogP contribution in [0.2, 0.25) is 0 Å². The molecule has 0 radical (unpaired) electrons. The Bertz CT molecular complexity index is 573. The second kappa shape index (κ2) is 4.80. The molecular weight excluding hydrogens is 229 g/mol. The Labute approximate surface area is 106 Å². The lowest BCUT2D eigenvalue weighted by molar-refractivity contribution is 0.630. The molecule has 0 saturated heterocycles. The standard InChI is InChI=1S/C14H18FN3/c1-4-12-17-13(14(16)18(12)5-2)10-8-9(3)6-7-11(10)15/h6-8H,4-5,16H2,1-3H3. The molecule has 0 bridgehead atoms. The number of rotatable bonds is 3. The van der Waals surface area contributed by atoms with Gasteiger partial charge in [-0.2, -0.15) is 0 Å². The van der Waals surface area contributed by atoms with Gasteiger partial charge < -0.3 is 10.3 Å². The lowest BCUT2D eigenvalue weighted by atomic mass is 10.1. The van der Waals surface area contributed by atoms with E-state index in [1.807, 2.05) is 25.3 Å². The fourth-order valence-corrected chi connectivity index (χ4v) is 2.16. The third kappa shape index (κ3) is 1.98. The lowest BCUT2D eigenvalue weighted by Crippen LogP contribution is -2.04. The van der Waals surface area contributed by atoms with E-state index in [2.05, 4.69) is 4.98 Å². The summed E-state index contributed by atoms with van der Waals surface area (Å²) in [6.07, 6.45) is 0.783. The minimum atomic E-state index is -0.282. The van der Waals surface area contributed by atoms with Gasteiger partial charge in [-0.25, -0.2) is 9.37 Å². The minimum absolute atomic E-state index is 0.282. The van der Waals surface area contributed by atoms with Gasteiger partial charge in [0.05, 0.1) is 0 Å². The van der Waals surface area contributed by atoms with E-state index in [1.165, 1.54) is 6.07 Å². The average molecular weight is 247 g/mol. The molecule has 4 heteroatoms. The van der Waals surface area contributed by atoms with Gasteiger partial charge in [0.25, 0.3) is 0 Å². The summed E-state index contributed by atoms with van der Waals surface area (Å²) in [5.41, 5.74) is 8.10. The van der Waals surface area contributed by atoms with Crippen LogP contribution in [0.4, 0.5) is 10.2 Å². The summed E-state index contributed by atoms with van der Waals surface area (Å²) in [6.45, 7) is 6.70. The maximum absolute atomic E-state index is 13.9. The molecule has 0 spiro atoms. The van der Waals surface area contributed by atoms with E-state index >= 15 is 0 Å². The molecule has 0 unspecified atom stereocenters. The summed E-state index contributed by atoms with van der Waals surface area (Å²) in [5, 5.41) is 0. The highest BCUT2D eigenvalue weighted by Crippen LogP contribution is 2.29. The molecule has 0 aliphatic rings. The van der Waals surface area contributed by atoms with Crippen LogP contribution < -0.4 is 5.73 Å². The van der Waals surface area contributed by atoms with Gasteiger partial charge in [-0.1, -0.05) is 18.6 Å². The number of hydrogen-bond acceptors (Lipinski definition) is 2. The predicted octanol–water partition coefficient (Wildman–Crippen LogP) is 3.16. The van der Waals surface area contributed by atoms with Gasteiger partial charge in [0.15, 0.2) is 0 Å². The van der Waals surface area contributed by atoms with Crippen LogP contribution in [-0.2, 0) is 13.0 Å². The number of nitrogen functional groups attached to an aromatic ring is 1. The van der Waals surface area contributed by atoms with Crippen molar-refractivity contribution in [2.45, 2.75) is 33.7 Å². The molecule has 0 atom stereocenters. The molecule has 0 aliphatic carbocycles. The lowest BCUT2D eigenvalue weighted by Gasteiger charge is -2.05. The largest absolute Gasteiger partial charge is 0.383 e. The van der Waals surface area contributed by atoms with Crippen molar-refractivity contribution in [2.24, 2.45) is 0 Å². The normalized spacial score (nSPS) is 10.9. The molecule has 0 fully saturated rings. The van der Waals surface area contributed by atoms with Crippen LogP contribution in [0.1, 0.15) is 25.2 Å². The fraction of sp³-hybridized carbons (Fsp3) is 0.357. The van der Waals surface area contributed by atoms with E-state index in [4.69, 9.17) is 5.73 Å². The molecule has 0 saturated carbocycles. The monoisotopic (exact) mass is 247 g/mol. The molecule has 2 rings (SSSR count). The SMILES string of the molecule is CCc1nc(-c2cc(C)ccc2F)c(N)n1CC. The first kappa shape index (κ1) is 12.6. The van der Waals surface area contributed by atoms with Crippen molar-refractivity contribution >= 4 is 5.82 Å². The number of hydrogen-bond donors (Lipinski definition) is 1. The number of benzene rings is 1. The zero-order valence-electron chi connectivity index (χ0n) is 11.0. The Morgan fingerprint density at radius 2 is 2.06 bits per heavy atom. The molecule has 18 heavy (non-hydrogen) atoms. The molecule has 1 aromatic heterocycles. The summed E-state index contributed by atoms with van der Waals surface area (Å²) < 4.78 is 15.8. The Kier molecular flexibility index (Phi) is 3.36. The maximum atomic E-state index is 13.9. The van der Waals surface area contributed by atoms with Crippen molar-refractivity contribution in [3.8, 4) is 11.3 Å². The van der Waals surface area contributed by atoms with Crippen LogP contribution in [0.15, 0.2) is 18.2 Å². The summed E-state index contributed by atoms with van der Waals surface area (Å²) in [4.78, 5) is 4.47. The van der Waals surface area contributed by atoms with E-state index < -0.39 is 0 Å². The van der Waals surface area contributed by atoms with Gasteiger partial charge in [-0.3, -0.25) is 0 Å².